The minimum atomic E-state index is -0.318. The van der Waals surface area contributed by atoms with E-state index in [0.29, 0.717) is 23.7 Å². The zero-order valence-corrected chi connectivity index (χ0v) is 9.04. The molecule has 0 unspecified atom stereocenters. The van der Waals surface area contributed by atoms with E-state index in [1.165, 1.54) is 0 Å². The summed E-state index contributed by atoms with van der Waals surface area (Å²) in [7, 11) is 0. The van der Waals surface area contributed by atoms with Crippen LogP contribution in [-0.4, -0.2) is 12.6 Å². The predicted octanol–water partition coefficient (Wildman–Crippen LogP) is 2.13. The van der Waals surface area contributed by atoms with Gasteiger partial charge in [0, 0.05) is 4.08 Å². The van der Waals surface area contributed by atoms with Crippen molar-refractivity contribution in [1.82, 2.24) is 0 Å². The van der Waals surface area contributed by atoms with Crippen LogP contribution in [0.15, 0.2) is 21.2 Å². The second-order valence-corrected chi connectivity index (χ2v) is 2.87. The van der Waals surface area contributed by atoms with E-state index in [1.807, 2.05) is 29.5 Å². The standard InChI is InChI=1S/C8H9IO3/c1-3-11-7-5(2)8(10)12-6(7)4-9/h4H,3H2,1-2H3/b6-4-. The van der Waals surface area contributed by atoms with Crippen molar-refractivity contribution in [2.24, 2.45) is 0 Å². The summed E-state index contributed by atoms with van der Waals surface area (Å²) >= 11 is 2.01. The first kappa shape index (κ1) is 9.57. The van der Waals surface area contributed by atoms with Crippen molar-refractivity contribution in [3.05, 3.63) is 21.2 Å². The van der Waals surface area contributed by atoms with Gasteiger partial charge in [-0.2, -0.15) is 0 Å². The van der Waals surface area contributed by atoms with Crippen LogP contribution in [0.2, 0.25) is 0 Å². The Morgan fingerprint density at radius 2 is 2.33 bits per heavy atom. The van der Waals surface area contributed by atoms with Crippen LogP contribution in [-0.2, 0) is 14.3 Å². The highest BCUT2D eigenvalue weighted by molar-refractivity contribution is 14.1. The van der Waals surface area contributed by atoms with Crippen LogP contribution in [0.1, 0.15) is 13.8 Å². The number of ether oxygens (including phenoxy) is 2. The van der Waals surface area contributed by atoms with Crippen molar-refractivity contribution < 1.29 is 14.3 Å². The minimum Gasteiger partial charge on any atom is -0.489 e. The van der Waals surface area contributed by atoms with Crippen LogP contribution < -0.4 is 0 Å². The summed E-state index contributed by atoms with van der Waals surface area (Å²) in [5.74, 6) is 0.762. The molecule has 4 heteroatoms. The Hall–Kier alpha value is -0.520. The van der Waals surface area contributed by atoms with Gasteiger partial charge in [0.15, 0.2) is 11.5 Å². The third-order valence-corrected chi connectivity index (χ3v) is 2.03. The fourth-order valence-electron chi connectivity index (χ4n) is 0.896. The van der Waals surface area contributed by atoms with Crippen LogP contribution in [0.3, 0.4) is 0 Å². The molecule has 0 aromatic heterocycles. The molecule has 0 fully saturated rings. The molecule has 3 nitrogen and oxygen atoms in total. The lowest BCUT2D eigenvalue weighted by Crippen LogP contribution is -1.94. The summed E-state index contributed by atoms with van der Waals surface area (Å²) < 4.78 is 11.8. The Labute approximate surface area is 84.6 Å². The number of halogens is 1. The molecule has 0 N–H and O–H groups in total. The first-order valence-electron chi connectivity index (χ1n) is 3.57. The molecule has 0 amide bonds. The van der Waals surface area contributed by atoms with Crippen molar-refractivity contribution >= 4 is 28.6 Å². The molecule has 1 aliphatic heterocycles. The number of hydrogen-bond acceptors (Lipinski definition) is 3. The Balaban J connectivity index is 2.95. The molecule has 0 spiro atoms. The quantitative estimate of drug-likeness (QED) is 0.574. The lowest BCUT2D eigenvalue weighted by atomic mass is 10.3. The van der Waals surface area contributed by atoms with Crippen molar-refractivity contribution in [2.75, 3.05) is 6.61 Å². The summed E-state index contributed by atoms with van der Waals surface area (Å²) in [5.41, 5.74) is 0.541. The maximum absolute atomic E-state index is 11.0. The van der Waals surface area contributed by atoms with E-state index >= 15 is 0 Å². The molecule has 0 aromatic rings. The topological polar surface area (TPSA) is 35.5 Å². The number of carbonyl (C=O) groups excluding carboxylic acids is 1. The molecule has 0 bridgehead atoms. The molecular formula is C8H9IO3. The Morgan fingerprint density at radius 3 is 2.83 bits per heavy atom. The van der Waals surface area contributed by atoms with E-state index in [-0.39, 0.29) is 5.97 Å². The molecule has 0 radical (unpaired) electrons. The first-order chi connectivity index (χ1) is 5.70. The summed E-state index contributed by atoms with van der Waals surface area (Å²) in [6, 6.07) is 0. The van der Waals surface area contributed by atoms with Crippen molar-refractivity contribution in [2.45, 2.75) is 13.8 Å². The zero-order valence-electron chi connectivity index (χ0n) is 6.89. The van der Waals surface area contributed by atoms with Crippen molar-refractivity contribution in [1.29, 1.82) is 0 Å². The van der Waals surface area contributed by atoms with Crippen LogP contribution in [0.25, 0.3) is 0 Å². The molecule has 0 aliphatic carbocycles. The summed E-state index contributed by atoms with van der Waals surface area (Å²) in [5, 5.41) is 0. The van der Waals surface area contributed by atoms with E-state index in [1.54, 1.807) is 11.0 Å². The van der Waals surface area contributed by atoms with Gasteiger partial charge >= 0.3 is 5.97 Å². The third-order valence-electron chi connectivity index (χ3n) is 1.46. The van der Waals surface area contributed by atoms with Gasteiger partial charge in [-0.05, 0) is 36.4 Å². The number of hydrogen-bond donors (Lipinski definition) is 0. The van der Waals surface area contributed by atoms with Gasteiger partial charge in [-0.25, -0.2) is 4.79 Å². The minimum absolute atomic E-state index is 0.318. The van der Waals surface area contributed by atoms with Crippen LogP contribution in [0, 0.1) is 0 Å². The van der Waals surface area contributed by atoms with E-state index in [4.69, 9.17) is 9.47 Å². The van der Waals surface area contributed by atoms with Crippen LogP contribution in [0.4, 0.5) is 0 Å². The van der Waals surface area contributed by atoms with Gasteiger partial charge in [0.05, 0.1) is 12.2 Å². The summed E-state index contributed by atoms with van der Waals surface area (Å²) in [4.78, 5) is 11.0. The summed E-state index contributed by atoms with van der Waals surface area (Å²) in [6.45, 7) is 4.10. The molecular weight excluding hydrogens is 271 g/mol. The van der Waals surface area contributed by atoms with Gasteiger partial charge in [0.2, 0.25) is 0 Å². The second kappa shape index (κ2) is 3.93. The average molecular weight is 280 g/mol. The zero-order chi connectivity index (χ0) is 9.14. The van der Waals surface area contributed by atoms with Gasteiger partial charge < -0.3 is 9.47 Å². The normalized spacial score (nSPS) is 20.2. The van der Waals surface area contributed by atoms with Crippen molar-refractivity contribution in [3.8, 4) is 0 Å². The van der Waals surface area contributed by atoms with Gasteiger partial charge in [0.1, 0.15) is 0 Å². The molecule has 66 valence electrons. The molecule has 1 rings (SSSR count). The molecule has 0 saturated heterocycles. The highest BCUT2D eigenvalue weighted by Gasteiger charge is 2.27. The fourth-order valence-corrected chi connectivity index (χ4v) is 1.31. The van der Waals surface area contributed by atoms with Gasteiger partial charge in [0.25, 0.3) is 0 Å². The Bertz CT molecular complexity index is 265. The van der Waals surface area contributed by atoms with Gasteiger partial charge in [-0.15, -0.1) is 0 Å². The van der Waals surface area contributed by atoms with E-state index in [0.717, 1.165) is 0 Å². The second-order valence-electron chi connectivity index (χ2n) is 2.25. The summed E-state index contributed by atoms with van der Waals surface area (Å²) in [6.07, 6.45) is 0. The van der Waals surface area contributed by atoms with Gasteiger partial charge in [-0.1, -0.05) is 0 Å². The molecule has 1 aliphatic rings. The molecule has 0 atom stereocenters. The number of cyclic esters (lactones) is 1. The van der Waals surface area contributed by atoms with Crippen LogP contribution in [0.5, 0.6) is 0 Å². The molecule has 0 aromatic carbocycles. The maximum Gasteiger partial charge on any atom is 0.343 e. The lowest BCUT2D eigenvalue weighted by Gasteiger charge is -2.03. The average Bonchev–Trinajstić information content (AvgIpc) is 2.33. The molecule has 1 heterocycles. The number of rotatable bonds is 2. The fraction of sp³-hybridized carbons (Fsp3) is 0.375. The Morgan fingerprint density at radius 1 is 1.67 bits per heavy atom. The van der Waals surface area contributed by atoms with E-state index in [2.05, 4.69) is 0 Å². The predicted molar refractivity (Wildman–Crippen MR) is 52.5 cm³/mol. The van der Waals surface area contributed by atoms with Crippen LogP contribution >= 0.6 is 22.6 Å². The lowest BCUT2D eigenvalue weighted by molar-refractivity contribution is -0.133. The third kappa shape index (κ3) is 1.63. The SMILES string of the molecule is CCOC1=C(C)C(=O)O/C1=C\I. The largest absolute Gasteiger partial charge is 0.489 e. The highest BCUT2D eigenvalue weighted by atomic mass is 127. The van der Waals surface area contributed by atoms with Gasteiger partial charge in [-0.3, -0.25) is 0 Å². The number of esters is 1. The molecule has 12 heavy (non-hydrogen) atoms. The monoisotopic (exact) mass is 280 g/mol. The van der Waals surface area contributed by atoms with Crippen molar-refractivity contribution in [3.63, 3.8) is 0 Å². The van der Waals surface area contributed by atoms with E-state index in [9.17, 15) is 4.79 Å². The highest BCUT2D eigenvalue weighted by Crippen LogP contribution is 2.27. The first-order valence-corrected chi connectivity index (χ1v) is 4.81. The Kier molecular flexibility index (Phi) is 3.13. The number of carbonyl (C=O) groups is 1. The van der Waals surface area contributed by atoms with E-state index < -0.39 is 0 Å². The maximum atomic E-state index is 11.0. The molecule has 0 saturated carbocycles. The smallest absolute Gasteiger partial charge is 0.343 e.